The molecule has 0 fully saturated rings. The Hall–Kier alpha value is -3.15. The minimum absolute atomic E-state index is 0.000528. The van der Waals surface area contributed by atoms with Gasteiger partial charge in [0, 0.05) is 13.0 Å². The molecule has 28 heavy (non-hydrogen) atoms. The summed E-state index contributed by atoms with van der Waals surface area (Å²) in [5.41, 5.74) is 1.11. The summed E-state index contributed by atoms with van der Waals surface area (Å²) in [7, 11) is 1.66. The molecule has 3 rings (SSSR count). The molecule has 1 atom stereocenters. The highest BCUT2D eigenvalue weighted by Crippen LogP contribution is 2.16. The molecule has 0 amide bonds. The fourth-order valence-electron chi connectivity index (χ4n) is 2.78. The number of hydrogen-bond donors (Lipinski definition) is 2. The van der Waals surface area contributed by atoms with Crippen molar-refractivity contribution in [1.82, 2.24) is 10.6 Å². The molecule has 2 N–H and O–H groups in total. The van der Waals surface area contributed by atoms with Crippen LogP contribution < -0.4 is 15.4 Å². The lowest BCUT2D eigenvalue weighted by atomic mass is 10.2. The summed E-state index contributed by atoms with van der Waals surface area (Å²) in [6.45, 7) is 5.27. The molecule has 2 aromatic heterocycles. The van der Waals surface area contributed by atoms with Gasteiger partial charge in [0.15, 0.2) is 5.96 Å². The van der Waals surface area contributed by atoms with E-state index >= 15 is 0 Å². The van der Waals surface area contributed by atoms with Gasteiger partial charge in [-0.2, -0.15) is 0 Å². The van der Waals surface area contributed by atoms with Gasteiger partial charge in [-0.3, -0.25) is 0 Å². The smallest absolute Gasteiger partial charge is 0.192 e. The quantitative estimate of drug-likeness (QED) is 0.451. The van der Waals surface area contributed by atoms with Crippen LogP contribution in [0.15, 0.2) is 68.6 Å². The largest absolute Gasteiger partial charge is 0.497 e. The second-order valence-corrected chi connectivity index (χ2v) is 6.58. The lowest BCUT2D eigenvalue weighted by Gasteiger charge is -2.17. The first kappa shape index (κ1) is 19.6. The van der Waals surface area contributed by atoms with E-state index in [2.05, 4.69) is 17.6 Å². The van der Waals surface area contributed by atoms with Crippen molar-refractivity contribution in [2.24, 2.45) is 4.99 Å². The molecule has 0 aliphatic rings. The summed E-state index contributed by atoms with van der Waals surface area (Å²) in [6, 6.07) is 15.7. The van der Waals surface area contributed by atoms with E-state index < -0.39 is 0 Å². The van der Waals surface area contributed by atoms with Gasteiger partial charge < -0.3 is 24.2 Å². The zero-order chi connectivity index (χ0) is 19.8. The van der Waals surface area contributed by atoms with Crippen molar-refractivity contribution in [3.05, 3.63) is 77.6 Å². The maximum atomic E-state index is 5.72. The molecule has 0 spiro atoms. The topological polar surface area (TPSA) is 71.9 Å². The summed E-state index contributed by atoms with van der Waals surface area (Å²) >= 11 is 0. The Morgan fingerprint density at radius 3 is 2.61 bits per heavy atom. The van der Waals surface area contributed by atoms with Crippen molar-refractivity contribution in [3.63, 3.8) is 0 Å². The number of nitrogens with one attached hydrogen (secondary N) is 2. The van der Waals surface area contributed by atoms with Crippen LogP contribution in [0.2, 0.25) is 0 Å². The number of nitrogens with zero attached hydrogens (tertiary/aromatic N) is 1. The Morgan fingerprint density at radius 1 is 1.14 bits per heavy atom. The molecule has 0 bridgehead atoms. The first-order valence-electron chi connectivity index (χ1n) is 9.40. The van der Waals surface area contributed by atoms with Crippen molar-refractivity contribution in [1.29, 1.82) is 0 Å². The number of hydrogen-bond acceptors (Lipinski definition) is 4. The highest BCUT2D eigenvalue weighted by molar-refractivity contribution is 5.80. The van der Waals surface area contributed by atoms with Crippen LogP contribution in [-0.2, 0) is 13.0 Å². The van der Waals surface area contributed by atoms with E-state index in [0.717, 1.165) is 41.0 Å². The molecule has 0 aliphatic heterocycles. The van der Waals surface area contributed by atoms with E-state index in [0.29, 0.717) is 13.1 Å². The van der Waals surface area contributed by atoms with Crippen LogP contribution in [0.3, 0.4) is 0 Å². The fourth-order valence-corrected chi connectivity index (χ4v) is 2.78. The Morgan fingerprint density at radius 2 is 1.96 bits per heavy atom. The predicted octanol–water partition coefficient (Wildman–Crippen LogP) is 4.23. The minimum Gasteiger partial charge on any atom is -0.497 e. The Bertz CT molecular complexity index is 867. The van der Waals surface area contributed by atoms with Gasteiger partial charge in [0.25, 0.3) is 0 Å². The number of aryl methyl sites for hydroxylation is 1. The average molecular weight is 381 g/mol. The first-order chi connectivity index (χ1) is 13.6. The zero-order valence-electron chi connectivity index (χ0n) is 16.6. The van der Waals surface area contributed by atoms with Gasteiger partial charge in [-0.15, -0.1) is 0 Å². The van der Waals surface area contributed by atoms with Crippen LogP contribution in [0.1, 0.15) is 35.8 Å². The van der Waals surface area contributed by atoms with Crippen molar-refractivity contribution in [3.8, 4) is 5.75 Å². The molecule has 3 aromatic rings. The molecule has 0 aliphatic carbocycles. The van der Waals surface area contributed by atoms with E-state index in [1.807, 2.05) is 55.5 Å². The SMILES string of the molecule is COc1ccc(CN=C(NCCc2ccco2)NC(C)c2ccc(C)o2)cc1. The normalized spacial score (nSPS) is 12.6. The van der Waals surface area contributed by atoms with Crippen LogP contribution in [0.5, 0.6) is 5.75 Å². The molecular weight excluding hydrogens is 354 g/mol. The van der Waals surface area contributed by atoms with Gasteiger partial charge in [-0.25, -0.2) is 4.99 Å². The van der Waals surface area contributed by atoms with Crippen LogP contribution in [0, 0.1) is 6.92 Å². The molecule has 1 aromatic carbocycles. The zero-order valence-corrected chi connectivity index (χ0v) is 16.6. The van der Waals surface area contributed by atoms with E-state index in [4.69, 9.17) is 18.6 Å². The number of furan rings is 2. The van der Waals surface area contributed by atoms with Gasteiger partial charge in [-0.05, 0) is 55.8 Å². The minimum atomic E-state index is -0.000528. The summed E-state index contributed by atoms with van der Waals surface area (Å²) in [4.78, 5) is 4.72. The van der Waals surface area contributed by atoms with Gasteiger partial charge in [-0.1, -0.05) is 12.1 Å². The van der Waals surface area contributed by atoms with E-state index in [-0.39, 0.29) is 6.04 Å². The second kappa shape index (κ2) is 9.69. The third-order valence-corrected chi connectivity index (χ3v) is 4.36. The summed E-state index contributed by atoms with van der Waals surface area (Å²) in [6.07, 6.45) is 2.47. The van der Waals surface area contributed by atoms with E-state index in [1.54, 1.807) is 13.4 Å². The van der Waals surface area contributed by atoms with Gasteiger partial charge in [0.2, 0.25) is 0 Å². The summed E-state index contributed by atoms with van der Waals surface area (Å²) in [5.74, 6) is 4.28. The van der Waals surface area contributed by atoms with Crippen LogP contribution in [-0.4, -0.2) is 19.6 Å². The predicted molar refractivity (Wildman–Crippen MR) is 110 cm³/mol. The van der Waals surface area contributed by atoms with Crippen molar-refractivity contribution < 1.29 is 13.6 Å². The van der Waals surface area contributed by atoms with Crippen LogP contribution >= 0.6 is 0 Å². The third kappa shape index (κ3) is 5.67. The molecule has 1 unspecified atom stereocenters. The van der Waals surface area contributed by atoms with Crippen LogP contribution in [0.25, 0.3) is 0 Å². The highest BCUT2D eigenvalue weighted by atomic mass is 16.5. The Kier molecular flexibility index (Phi) is 6.78. The number of ether oxygens (including phenoxy) is 1. The highest BCUT2D eigenvalue weighted by Gasteiger charge is 2.11. The lowest BCUT2D eigenvalue weighted by molar-refractivity contribution is 0.414. The molecule has 6 nitrogen and oxygen atoms in total. The molecule has 6 heteroatoms. The Balaban J connectivity index is 1.64. The van der Waals surface area contributed by atoms with E-state index in [1.165, 1.54) is 0 Å². The maximum Gasteiger partial charge on any atom is 0.192 e. The number of guanidine groups is 1. The number of benzene rings is 1. The lowest BCUT2D eigenvalue weighted by Crippen LogP contribution is -2.39. The first-order valence-corrected chi connectivity index (χ1v) is 9.40. The molecule has 0 saturated heterocycles. The number of aliphatic imine (C=N–C) groups is 1. The molecule has 0 saturated carbocycles. The molecule has 0 radical (unpaired) electrons. The summed E-state index contributed by atoms with van der Waals surface area (Å²) < 4.78 is 16.3. The molecule has 2 heterocycles. The second-order valence-electron chi connectivity index (χ2n) is 6.58. The van der Waals surface area contributed by atoms with Crippen LogP contribution in [0.4, 0.5) is 0 Å². The number of rotatable bonds is 8. The maximum absolute atomic E-state index is 5.72. The standard InChI is InChI=1S/C22H27N3O3/c1-16-6-11-21(28-16)17(2)25-22(23-13-12-20-5-4-14-27-20)24-15-18-7-9-19(26-3)10-8-18/h4-11,14,17H,12-13,15H2,1-3H3,(H2,23,24,25). The van der Waals surface area contributed by atoms with Crippen molar-refractivity contribution in [2.45, 2.75) is 32.9 Å². The van der Waals surface area contributed by atoms with Crippen molar-refractivity contribution in [2.75, 3.05) is 13.7 Å². The van der Waals surface area contributed by atoms with Gasteiger partial charge in [0.05, 0.1) is 26.0 Å². The molecular formula is C22H27N3O3. The number of methoxy groups -OCH3 is 1. The van der Waals surface area contributed by atoms with Gasteiger partial charge >= 0.3 is 0 Å². The fraction of sp³-hybridized carbons (Fsp3) is 0.318. The summed E-state index contributed by atoms with van der Waals surface area (Å²) in [5, 5.41) is 6.78. The average Bonchev–Trinajstić information content (AvgIpc) is 3.38. The van der Waals surface area contributed by atoms with E-state index in [9.17, 15) is 0 Å². The van der Waals surface area contributed by atoms with Crippen molar-refractivity contribution >= 4 is 5.96 Å². The third-order valence-electron chi connectivity index (χ3n) is 4.36. The monoisotopic (exact) mass is 381 g/mol. The Labute approximate surface area is 165 Å². The molecule has 148 valence electrons. The van der Waals surface area contributed by atoms with Gasteiger partial charge in [0.1, 0.15) is 23.0 Å².